The van der Waals surface area contributed by atoms with Gasteiger partial charge in [0.15, 0.2) is 0 Å². The molecule has 0 N–H and O–H groups in total. The second kappa shape index (κ2) is 5.85. The molecule has 0 atom stereocenters. The van der Waals surface area contributed by atoms with Crippen LogP contribution in [0.4, 0.5) is 5.95 Å². The van der Waals surface area contributed by atoms with E-state index in [1.807, 2.05) is 26.0 Å². The minimum absolute atomic E-state index is 0.159. The Morgan fingerprint density at radius 1 is 1.10 bits per heavy atom. The molecule has 0 unspecified atom stereocenters. The summed E-state index contributed by atoms with van der Waals surface area (Å²) < 4.78 is 5.77. The third-order valence-electron chi connectivity index (χ3n) is 3.50. The fourth-order valence-electron chi connectivity index (χ4n) is 2.44. The molecule has 3 rings (SSSR count). The van der Waals surface area contributed by atoms with Gasteiger partial charge in [-0.2, -0.15) is 15.0 Å². The number of hydrogen-bond donors (Lipinski definition) is 0. The van der Waals surface area contributed by atoms with Crippen molar-refractivity contribution in [3.8, 4) is 11.8 Å². The molecule has 0 amide bonds. The van der Waals surface area contributed by atoms with Crippen LogP contribution in [-0.4, -0.2) is 28.0 Å². The van der Waals surface area contributed by atoms with Gasteiger partial charge in [-0.15, -0.1) is 0 Å². The first-order valence-corrected chi connectivity index (χ1v) is 7.41. The predicted molar refractivity (Wildman–Crippen MR) is 82.3 cm³/mol. The summed E-state index contributed by atoms with van der Waals surface area (Å²) in [6, 6.07) is 6.20. The molecule has 110 valence electrons. The van der Waals surface area contributed by atoms with Gasteiger partial charge in [-0.25, -0.2) is 0 Å². The number of nitrogens with zero attached hydrogens (tertiary/aromatic N) is 4. The summed E-state index contributed by atoms with van der Waals surface area (Å²) in [4.78, 5) is 14.7. The molecule has 0 saturated carbocycles. The van der Waals surface area contributed by atoms with Gasteiger partial charge >= 0.3 is 6.01 Å². The van der Waals surface area contributed by atoms with Gasteiger partial charge in [0.25, 0.3) is 0 Å². The first kappa shape index (κ1) is 14.1. The number of aryl methyl sites for hydroxylation is 2. The van der Waals surface area contributed by atoms with Gasteiger partial charge in [0.2, 0.25) is 11.2 Å². The first-order valence-electron chi connectivity index (χ1n) is 7.03. The lowest BCUT2D eigenvalue weighted by atomic mass is 10.1. The van der Waals surface area contributed by atoms with Crippen molar-refractivity contribution in [2.24, 2.45) is 0 Å². The number of anilines is 1. The van der Waals surface area contributed by atoms with E-state index in [4.69, 9.17) is 16.3 Å². The third kappa shape index (κ3) is 3.24. The fraction of sp³-hybridized carbons (Fsp3) is 0.400. The molecule has 0 radical (unpaired) electrons. The molecule has 6 heteroatoms. The zero-order valence-corrected chi connectivity index (χ0v) is 12.9. The maximum absolute atomic E-state index is 5.99. The third-order valence-corrected chi connectivity index (χ3v) is 3.67. The Morgan fingerprint density at radius 2 is 1.86 bits per heavy atom. The zero-order valence-electron chi connectivity index (χ0n) is 12.1. The number of benzene rings is 1. The van der Waals surface area contributed by atoms with Crippen LogP contribution in [0.15, 0.2) is 18.2 Å². The van der Waals surface area contributed by atoms with Crippen molar-refractivity contribution in [2.45, 2.75) is 26.7 Å². The number of ether oxygens (including phenoxy) is 1. The van der Waals surface area contributed by atoms with Gasteiger partial charge in [0, 0.05) is 13.1 Å². The Kier molecular flexibility index (Phi) is 3.92. The minimum Gasteiger partial charge on any atom is -0.424 e. The Bertz CT molecular complexity index is 656. The Morgan fingerprint density at radius 3 is 2.57 bits per heavy atom. The number of rotatable bonds is 3. The number of aromatic nitrogens is 3. The second-order valence-electron chi connectivity index (χ2n) is 5.25. The van der Waals surface area contributed by atoms with Gasteiger partial charge in [-0.3, -0.25) is 0 Å². The summed E-state index contributed by atoms with van der Waals surface area (Å²) in [6.07, 6.45) is 2.30. The molecule has 0 spiro atoms. The number of hydrogen-bond acceptors (Lipinski definition) is 5. The van der Waals surface area contributed by atoms with E-state index in [2.05, 4.69) is 25.9 Å². The topological polar surface area (TPSA) is 51.1 Å². The minimum atomic E-state index is 0.159. The van der Waals surface area contributed by atoms with Gasteiger partial charge < -0.3 is 9.64 Å². The molecule has 21 heavy (non-hydrogen) atoms. The van der Waals surface area contributed by atoms with Crippen LogP contribution in [-0.2, 0) is 0 Å². The molecule has 1 fully saturated rings. The summed E-state index contributed by atoms with van der Waals surface area (Å²) in [7, 11) is 0. The average molecular weight is 305 g/mol. The summed E-state index contributed by atoms with van der Waals surface area (Å²) in [6.45, 7) is 5.93. The lowest BCUT2D eigenvalue weighted by molar-refractivity contribution is 0.436. The summed E-state index contributed by atoms with van der Waals surface area (Å²) in [5.41, 5.74) is 2.22. The molecule has 1 saturated heterocycles. The molecule has 1 aliphatic rings. The summed E-state index contributed by atoms with van der Waals surface area (Å²) >= 11 is 5.99. The predicted octanol–water partition coefficient (Wildman–Crippen LogP) is 3.53. The van der Waals surface area contributed by atoms with E-state index in [0.717, 1.165) is 37.2 Å². The Hall–Kier alpha value is -1.88. The molecule has 0 aliphatic carbocycles. The highest BCUT2D eigenvalue weighted by Crippen LogP contribution is 2.26. The van der Waals surface area contributed by atoms with Crippen LogP contribution >= 0.6 is 11.6 Å². The quantitative estimate of drug-likeness (QED) is 0.868. The van der Waals surface area contributed by atoms with Gasteiger partial charge in [0.1, 0.15) is 5.75 Å². The van der Waals surface area contributed by atoms with E-state index in [-0.39, 0.29) is 11.3 Å². The van der Waals surface area contributed by atoms with Crippen LogP contribution < -0.4 is 9.64 Å². The van der Waals surface area contributed by atoms with E-state index in [1.54, 1.807) is 0 Å². The van der Waals surface area contributed by atoms with Crippen LogP contribution in [0.2, 0.25) is 5.28 Å². The van der Waals surface area contributed by atoms with Crippen molar-refractivity contribution in [2.75, 3.05) is 18.0 Å². The molecule has 1 aliphatic heterocycles. The van der Waals surface area contributed by atoms with Crippen molar-refractivity contribution in [1.29, 1.82) is 0 Å². The largest absolute Gasteiger partial charge is 0.424 e. The van der Waals surface area contributed by atoms with Crippen molar-refractivity contribution < 1.29 is 4.74 Å². The SMILES string of the molecule is Cc1ccc(Oc2nc(Cl)nc(N3CCCC3)n2)c(C)c1. The van der Waals surface area contributed by atoms with E-state index in [0.29, 0.717) is 5.95 Å². The van der Waals surface area contributed by atoms with E-state index in [1.165, 1.54) is 5.56 Å². The first-order chi connectivity index (χ1) is 10.1. The van der Waals surface area contributed by atoms with Crippen molar-refractivity contribution in [3.63, 3.8) is 0 Å². The van der Waals surface area contributed by atoms with Crippen LogP contribution in [0.5, 0.6) is 11.8 Å². The monoisotopic (exact) mass is 304 g/mol. The van der Waals surface area contributed by atoms with Crippen molar-refractivity contribution >= 4 is 17.5 Å². The highest BCUT2D eigenvalue weighted by atomic mass is 35.5. The molecule has 2 heterocycles. The van der Waals surface area contributed by atoms with E-state index in [9.17, 15) is 0 Å². The van der Waals surface area contributed by atoms with Gasteiger partial charge in [-0.05, 0) is 49.9 Å². The molecule has 5 nitrogen and oxygen atoms in total. The molecule has 0 bridgehead atoms. The van der Waals surface area contributed by atoms with Gasteiger partial charge in [-0.1, -0.05) is 17.7 Å². The van der Waals surface area contributed by atoms with Crippen molar-refractivity contribution in [3.05, 3.63) is 34.6 Å². The van der Waals surface area contributed by atoms with Crippen LogP contribution in [0.1, 0.15) is 24.0 Å². The van der Waals surface area contributed by atoms with Crippen LogP contribution in [0.25, 0.3) is 0 Å². The van der Waals surface area contributed by atoms with E-state index >= 15 is 0 Å². The molecule has 2 aromatic rings. The zero-order chi connectivity index (χ0) is 14.8. The lowest BCUT2D eigenvalue weighted by Crippen LogP contribution is -2.21. The summed E-state index contributed by atoms with van der Waals surface area (Å²) in [5.74, 6) is 1.32. The smallest absolute Gasteiger partial charge is 0.328 e. The van der Waals surface area contributed by atoms with Gasteiger partial charge in [0.05, 0.1) is 0 Å². The molecule has 1 aromatic carbocycles. The van der Waals surface area contributed by atoms with Crippen molar-refractivity contribution in [1.82, 2.24) is 15.0 Å². The van der Waals surface area contributed by atoms with E-state index < -0.39 is 0 Å². The van der Waals surface area contributed by atoms with Crippen LogP contribution in [0.3, 0.4) is 0 Å². The number of halogens is 1. The normalized spacial score (nSPS) is 14.5. The average Bonchev–Trinajstić information content (AvgIpc) is 2.95. The second-order valence-corrected chi connectivity index (χ2v) is 5.59. The summed E-state index contributed by atoms with van der Waals surface area (Å²) in [5, 5.41) is 0.159. The maximum Gasteiger partial charge on any atom is 0.328 e. The molecular weight excluding hydrogens is 288 g/mol. The highest BCUT2D eigenvalue weighted by molar-refractivity contribution is 6.28. The molecule has 1 aromatic heterocycles. The molecular formula is C15H17ClN4O. The fourth-order valence-corrected chi connectivity index (χ4v) is 2.59. The highest BCUT2D eigenvalue weighted by Gasteiger charge is 2.18. The maximum atomic E-state index is 5.99. The van der Waals surface area contributed by atoms with Crippen LogP contribution in [0, 0.1) is 13.8 Å². The Balaban J connectivity index is 1.87. The standard InChI is InChI=1S/C15H17ClN4O/c1-10-5-6-12(11(2)9-10)21-15-18-13(16)17-14(19-15)20-7-3-4-8-20/h5-6,9H,3-4,7-8H2,1-2H3. The lowest BCUT2D eigenvalue weighted by Gasteiger charge is -2.15. The Labute approximate surface area is 129 Å².